The molecule has 1 aromatic heterocycles. The van der Waals surface area contributed by atoms with Crippen LogP contribution in [-0.2, 0) is 0 Å². The lowest BCUT2D eigenvalue weighted by Gasteiger charge is -2.32. The molecule has 3 heterocycles. The van der Waals surface area contributed by atoms with Crippen LogP contribution in [-0.4, -0.2) is 51.6 Å². The second kappa shape index (κ2) is 7.95. The lowest BCUT2D eigenvalue weighted by atomic mass is 9.94. The highest BCUT2D eigenvalue weighted by molar-refractivity contribution is 7.09. The van der Waals surface area contributed by atoms with Gasteiger partial charge in [0.2, 0.25) is 0 Å². The van der Waals surface area contributed by atoms with Crippen LogP contribution in [0.15, 0.2) is 29.8 Å². The number of fused-ring (bicyclic) bond motifs is 1. The standard InChI is InChI=1S/C23H25N3O3S/c27-21(25-11-4-5-16(14-25)20-24-10-12-30-20)15-8-9-18-19(13-15)23(29)26(22(18)28)17-6-2-1-3-7-17/h8-10,12-13,16-17H,1-7,11,14H2. The normalized spacial score (nSPS) is 22.5. The Balaban J connectivity index is 1.36. The third-order valence-corrected chi connectivity index (χ3v) is 7.55. The molecule has 2 aliphatic heterocycles. The Kier molecular flexibility index (Phi) is 5.15. The van der Waals surface area contributed by atoms with Gasteiger partial charge in [0.1, 0.15) is 0 Å². The van der Waals surface area contributed by atoms with Gasteiger partial charge >= 0.3 is 0 Å². The quantitative estimate of drug-likeness (QED) is 0.697. The highest BCUT2D eigenvalue weighted by Gasteiger charge is 2.40. The van der Waals surface area contributed by atoms with Gasteiger partial charge in [-0.15, -0.1) is 11.3 Å². The van der Waals surface area contributed by atoms with Crippen molar-refractivity contribution in [3.63, 3.8) is 0 Å². The minimum absolute atomic E-state index is 0.00792. The number of rotatable bonds is 3. The third-order valence-electron chi connectivity index (χ3n) is 6.61. The fourth-order valence-corrected chi connectivity index (χ4v) is 5.81. The van der Waals surface area contributed by atoms with E-state index in [0.717, 1.165) is 50.0 Å². The summed E-state index contributed by atoms with van der Waals surface area (Å²) in [7, 11) is 0. The van der Waals surface area contributed by atoms with Crippen LogP contribution < -0.4 is 0 Å². The first kappa shape index (κ1) is 19.4. The number of nitrogens with zero attached hydrogens (tertiary/aromatic N) is 3. The fourth-order valence-electron chi connectivity index (χ4n) is 5.05. The maximum atomic E-state index is 13.2. The predicted molar refractivity (Wildman–Crippen MR) is 114 cm³/mol. The van der Waals surface area contributed by atoms with Crippen LogP contribution >= 0.6 is 11.3 Å². The second-order valence-electron chi connectivity index (χ2n) is 8.49. The van der Waals surface area contributed by atoms with Crippen molar-refractivity contribution in [1.29, 1.82) is 0 Å². The predicted octanol–water partition coefficient (Wildman–Crippen LogP) is 4.09. The number of hydrogen-bond acceptors (Lipinski definition) is 5. The lowest BCUT2D eigenvalue weighted by molar-refractivity contribution is 0.0548. The van der Waals surface area contributed by atoms with Crippen LogP contribution in [0, 0.1) is 0 Å². The van der Waals surface area contributed by atoms with Gasteiger partial charge in [-0.25, -0.2) is 4.98 Å². The number of thiazole rings is 1. The monoisotopic (exact) mass is 423 g/mol. The van der Waals surface area contributed by atoms with E-state index in [1.807, 2.05) is 16.5 Å². The van der Waals surface area contributed by atoms with Gasteiger partial charge in [-0.05, 0) is 43.9 Å². The third kappa shape index (κ3) is 3.35. The number of carbonyl (C=O) groups excluding carboxylic acids is 3. The van der Waals surface area contributed by atoms with Gasteiger partial charge in [0.25, 0.3) is 17.7 Å². The molecule has 1 saturated heterocycles. The van der Waals surface area contributed by atoms with E-state index in [-0.39, 0.29) is 29.7 Å². The smallest absolute Gasteiger partial charge is 0.261 e. The molecule has 1 atom stereocenters. The lowest BCUT2D eigenvalue weighted by Crippen LogP contribution is -2.40. The molecule has 156 valence electrons. The van der Waals surface area contributed by atoms with Gasteiger partial charge in [0.05, 0.1) is 16.1 Å². The Morgan fingerprint density at radius 1 is 1.00 bits per heavy atom. The molecule has 1 aromatic carbocycles. The number of aromatic nitrogens is 1. The first-order valence-corrected chi connectivity index (χ1v) is 11.7. The number of amides is 3. The Morgan fingerprint density at radius 3 is 2.57 bits per heavy atom. The van der Waals surface area contributed by atoms with Crippen molar-refractivity contribution < 1.29 is 14.4 Å². The molecular formula is C23H25N3O3S. The number of carbonyl (C=O) groups is 3. The Hall–Kier alpha value is -2.54. The first-order chi connectivity index (χ1) is 14.6. The molecule has 2 aromatic rings. The van der Waals surface area contributed by atoms with Gasteiger partial charge in [-0.1, -0.05) is 19.3 Å². The van der Waals surface area contributed by atoms with E-state index >= 15 is 0 Å². The highest BCUT2D eigenvalue weighted by atomic mass is 32.1. The van der Waals surface area contributed by atoms with Gasteiger partial charge in [-0.3, -0.25) is 19.3 Å². The second-order valence-corrected chi connectivity index (χ2v) is 9.42. The number of hydrogen-bond donors (Lipinski definition) is 0. The molecule has 3 amide bonds. The first-order valence-electron chi connectivity index (χ1n) is 10.8. The average Bonchev–Trinajstić information content (AvgIpc) is 3.41. The maximum absolute atomic E-state index is 13.2. The molecule has 7 heteroatoms. The van der Waals surface area contributed by atoms with Crippen LogP contribution in [0.4, 0.5) is 0 Å². The summed E-state index contributed by atoms with van der Waals surface area (Å²) in [6.07, 6.45) is 8.80. The maximum Gasteiger partial charge on any atom is 0.261 e. The van der Waals surface area contributed by atoms with E-state index in [9.17, 15) is 14.4 Å². The summed E-state index contributed by atoms with van der Waals surface area (Å²) < 4.78 is 0. The molecule has 0 N–H and O–H groups in total. The van der Waals surface area contributed by atoms with Crippen molar-refractivity contribution in [3.8, 4) is 0 Å². The van der Waals surface area contributed by atoms with Crippen LogP contribution in [0.25, 0.3) is 0 Å². The van der Waals surface area contributed by atoms with Crippen molar-refractivity contribution in [2.24, 2.45) is 0 Å². The zero-order valence-corrected chi connectivity index (χ0v) is 17.7. The number of imide groups is 1. The average molecular weight is 424 g/mol. The molecule has 0 spiro atoms. The van der Waals surface area contributed by atoms with Gasteiger partial charge in [0.15, 0.2) is 0 Å². The van der Waals surface area contributed by atoms with E-state index in [4.69, 9.17) is 0 Å². The van der Waals surface area contributed by atoms with Crippen molar-refractivity contribution in [2.45, 2.75) is 56.9 Å². The Bertz CT molecular complexity index is 982. The molecule has 1 unspecified atom stereocenters. The zero-order chi connectivity index (χ0) is 20.7. The molecular weight excluding hydrogens is 398 g/mol. The topological polar surface area (TPSA) is 70.6 Å². The summed E-state index contributed by atoms with van der Waals surface area (Å²) in [5, 5.41) is 3.04. The summed E-state index contributed by atoms with van der Waals surface area (Å²) in [6, 6.07) is 4.98. The Morgan fingerprint density at radius 2 is 1.80 bits per heavy atom. The van der Waals surface area contributed by atoms with Crippen molar-refractivity contribution in [1.82, 2.24) is 14.8 Å². The molecule has 1 saturated carbocycles. The summed E-state index contributed by atoms with van der Waals surface area (Å²) >= 11 is 1.63. The fraction of sp³-hybridized carbons (Fsp3) is 0.478. The van der Waals surface area contributed by atoms with E-state index in [1.54, 1.807) is 29.5 Å². The van der Waals surface area contributed by atoms with Crippen molar-refractivity contribution in [3.05, 3.63) is 51.5 Å². The molecule has 30 heavy (non-hydrogen) atoms. The molecule has 0 bridgehead atoms. The number of piperidine rings is 1. The SMILES string of the molecule is O=C(c1ccc2c(c1)C(=O)N(C1CCCCC1)C2=O)N1CCCC(c2nccs2)C1. The summed E-state index contributed by atoms with van der Waals surface area (Å²) in [5.41, 5.74) is 1.30. The van der Waals surface area contributed by atoms with Crippen LogP contribution in [0.1, 0.15) is 86.9 Å². The van der Waals surface area contributed by atoms with Gasteiger partial charge < -0.3 is 4.90 Å². The molecule has 5 rings (SSSR count). The van der Waals surface area contributed by atoms with Crippen LogP contribution in [0.2, 0.25) is 0 Å². The zero-order valence-electron chi connectivity index (χ0n) is 16.9. The molecule has 1 aliphatic carbocycles. The summed E-state index contributed by atoms with van der Waals surface area (Å²) in [5.74, 6) is -0.254. The van der Waals surface area contributed by atoms with E-state index in [0.29, 0.717) is 29.8 Å². The largest absolute Gasteiger partial charge is 0.338 e. The Labute approximate surface area is 179 Å². The molecule has 6 nitrogen and oxygen atoms in total. The highest BCUT2D eigenvalue weighted by Crippen LogP contribution is 2.33. The van der Waals surface area contributed by atoms with Crippen LogP contribution in [0.3, 0.4) is 0 Å². The number of benzene rings is 1. The minimum Gasteiger partial charge on any atom is -0.338 e. The summed E-state index contributed by atoms with van der Waals surface area (Å²) in [6.45, 7) is 1.35. The van der Waals surface area contributed by atoms with Crippen molar-refractivity contribution >= 4 is 29.1 Å². The number of likely N-dealkylation sites (tertiary alicyclic amines) is 1. The van der Waals surface area contributed by atoms with E-state index < -0.39 is 0 Å². The molecule has 3 aliphatic rings. The van der Waals surface area contributed by atoms with Crippen molar-refractivity contribution in [2.75, 3.05) is 13.1 Å². The van der Waals surface area contributed by atoms with Crippen LogP contribution in [0.5, 0.6) is 0 Å². The minimum atomic E-state index is -0.240. The van der Waals surface area contributed by atoms with E-state index in [2.05, 4.69) is 4.98 Å². The molecule has 2 fully saturated rings. The van der Waals surface area contributed by atoms with E-state index in [1.165, 1.54) is 4.90 Å². The van der Waals surface area contributed by atoms with Gasteiger partial charge in [0, 0.05) is 42.2 Å². The summed E-state index contributed by atoms with van der Waals surface area (Å²) in [4.78, 5) is 46.8. The molecule has 0 radical (unpaired) electrons. The van der Waals surface area contributed by atoms with Gasteiger partial charge in [-0.2, -0.15) is 0 Å².